The van der Waals surface area contributed by atoms with Crippen LogP contribution in [0.4, 0.5) is 29.7 Å². The number of nitrogens with one attached hydrogen (secondary N) is 2. The van der Waals surface area contributed by atoms with Crippen molar-refractivity contribution in [1.82, 2.24) is 19.8 Å². The Bertz CT molecular complexity index is 1620. The fourth-order valence-electron chi connectivity index (χ4n) is 5.38. The van der Waals surface area contributed by atoms with Crippen molar-refractivity contribution in [2.75, 3.05) is 48.9 Å². The van der Waals surface area contributed by atoms with Crippen LogP contribution in [0.25, 0.3) is 0 Å². The number of alkyl halides is 1. The molecule has 52 heavy (non-hydrogen) atoms. The average Bonchev–Trinajstić information content (AvgIpc) is 3.06. The average molecular weight is 776 g/mol. The Hall–Kier alpha value is -4.18. The number of fused-ring (bicyclic) bond motifs is 1. The number of H-pyrrole nitrogens is 1. The molecule has 3 amide bonds. The summed E-state index contributed by atoms with van der Waals surface area (Å²) in [5.74, 6) is -1.07. The number of carbonyl (C=O) groups is 4. The molecule has 2 aromatic heterocycles. The molecule has 288 valence electrons. The number of carbonyl (C=O) groups excluding carboxylic acids is 4. The summed E-state index contributed by atoms with van der Waals surface area (Å²) >= 11 is 9.55. The molecule has 0 unspecified atom stereocenters. The highest BCUT2D eigenvalue weighted by Crippen LogP contribution is 2.34. The van der Waals surface area contributed by atoms with Gasteiger partial charge < -0.3 is 39.2 Å². The van der Waals surface area contributed by atoms with Crippen molar-refractivity contribution in [3.05, 3.63) is 46.5 Å². The molecular weight excluding hydrogens is 729 g/mol. The third-order valence-corrected chi connectivity index (χ3v) is 8.13. The molecule has 0 spiro atoms. The first kappa shape index (κ1) is 42.2. The largest absolute Gasteiger partial charge is 0.466 e. The Kier molecular flexibility index (Phi) is 15.1. The van der Waals surface area contributed by atoms with Gasteiger partial charge in [0.1, 0.15) is 34.2 Å². The normalized spacial score (nSPS) is 16.7. The van der Waals surface area contributed by atoms with Crippen LogP contribution in [0.5, 0.6) is 5.88 Å². The van der Waals surface area contributed by atoms with E-state index in [-0.39, 0.29) is 59.8 Å². The predicted octanol–water partition coefficient (Wildman–Crippen LogP) is 5.66. The molecule has 2 fully saturated rings. The minimum Gasteiger partial charge on any atom is -0.466 e. The first-order chi connectivity index (χ1) is 24.3. The van der Waals surface area contributed by atoms with Gasteiger partial charge in [0.15, 0.2) is 6.61 Å². The lowest BCUT2D eigenvalue weighted by atomic mass is 10.0. The van der Waals surface area contributed by atoms with Crippen molar-refractivity contribution in [3.63, 3.8) is 0 Å². The van der Waals surface area contributed by atoms with Crippen molar-refractivity contribution < 1.29 is 42.2 Å². The number of likely N-dealkylation sites (tertiary alicyclic amines) is 2. The number of rotatable bonds is 4. The molecular formula is C34H46Cl2F2N6O8. The maximum Gasteiger partial charge on any atom is 0.410 e. The van der Waals surface area contributed by atoms with E-state index >= 15 is 0 Å². The lowest BCUT2D eigenvalue weighted by Gasteiger charge is -2.40. The maximum absolute atomic E-state index is 13.6. The summed E-state index contributed by atoms with van der Waals surface area (Å²) in [6, 6.07) is 2.35. The molecule has 18 heteroatoms. The Morgan fingerprint density at radius 3 is 1.94 bits per heavy atom. The van der Waals surface area contributed by atoms with E-state index in [9.17, 15) is 32.8 Å². The number of amides is 3. The lowest BCUT2D eigenvalue weighted by Crippen LogP contribution is -2.52. The highest BCUT2D eigenvalue weighted by Gasteiger charge is 2.36. The van der Waals surface area contributed by atoms with E-state index in [4.69, 9.17) is 37.4 Å². The standard InChI is InChI=1S/C17H22FN3O4.C15H22FN3O3.C2H2Cl2O/c1-17(2,3)25-16(23)20-6-4-12(5-7-20)21-13-8-11(18)9-19-15(13)24-10-14(21)22;1-15(2,3)22-14(21)19-6-4-11(5-7-19)18-12-8-10(16)9-17-13(12)20;3-1-2(4)5/h8-9,12H,4-7,10H2,1-3H3;8-9,11,18H,4-7H2,1-3H3,(H,17,20);1H2. The summed E-state index contributed by atoms with van der Waals surface area (Å²) < 4.78 is 42.7. The molecule has 5 rings (SSSR count). The zero-order valence-electron chi connectivity index (χ0n) is 30.1. The van der Waals surface area contributed by atoms with Gasteiger partial charge in [0.05, 0.1) is 12.1 Å². The molecule has 0 bridgehead atoms. The van der Waals surface area contributed by atoms with Gasteiger partial charge in [0.25, 0.3) is 11.5 Å². The number of ether oxygens (including phenoxy) is 3. The number of piperidine rings is 2. The monoisotopic (exact) mass is 774 g/mol. The fourth-order valence-corrected chi connectivity index (χ4v) is 5.38. The van der Waals surface area contributed by atoms with Crippen LogP contribution < -0.4 is 20.5 Å². The van der Waals surface area contributed by atoms with Crippen LogP contribution in [-0.2, 0) is 19.1 Å². The Labute approximate surface area is 311 Å². The van der Waals surface area contributed by atoms with Gasteiger partial charge in [-0.05, 0) is 78.8 Å². The minimum atomic E-state index is -0.545. The number of pyridine rings is 2. The van der Waals surface area contributed by atoms with Crippen molar-refractivity contribution in [1.29, 1.82) is 0 Å². The summed E-state index contributed by atoms with van der Waals surface area (Å²) in [5, 5.41) is 2.53. The molecule has 2 N–H and O–H groups in total. The van der Waals surface area contributed by atoms with Crippen LogP contribution in [0.2, 0.25) is 0 Å². The Balaban J connectivity index is 0.000000250. The van der Waals surface area contributed by atoms with E-state index in [0.717, 1.165) is 12.4 Å². The second-order valence-corrected chi connectivity index (χ2v) is 14.9. The van der Waals surface area contributed by atoms with Crippen LogP contribution in [0.1, 0.15) is 67.2 Å². The molecule has 0 aromatic carbocycles. The van der Waals surface area contributed by atoms with Crippen molar-refractivity contribution >= 4 is 57.9 Å². The van der Waals surface area contributed by atoms with Crippen LogP contribution in [-0.4, -0.2) is 105 Å². The lowest BCUT2D eigenvalue weighted by molar-refractivity contribution is -0.122. The van der Waals surface area contributed by atoms with Crippen LogP contribution >= 0.6 is 23.2 Å². The molecule has 0 aliphatic carbocycles. The summed E-state index contributed by atoms with van der Waals surface area (Å²) in [6.45, 7) is 12.9. The minimum absolute atomic E-state index is 0.0292. The third-order valence-electron chi connectivity index (χ3n) is 7.62. The van der Waals surface area contributed by atoms with Gasteiger partial charge in [-0.3, -0.25) is 14.4 Å². The molecule has 3 aliphatic heterocycles. The van der Waals surface area contributed by atoms with E-state index in [2.05, 4.69) is 15.3 Å². The van der Waals surface area contributed by atoms with E-state index in [1.165, 1.54) is 12.1 Å². The topological polar surface area (TPSA) is 163 Å². The SMILES string of the molecule is CC(C)(C)OC(=O)N1CCC(N2C(=O)COc3ncc(F)cc32)CC1.CC(C)(C)OC(=O)N1CCC(Nc2cc(F)c[nH]c2=O)CC1.O=C(Cl)CCl. The second-order valence-electron chi connectivity index (χ2n) is 14.2. The molecule has 0 saturated carbocycles. The van der Waals surface area contributed by atoms with Gasteiger partial charge in [0, 0.05) is 56.6 Å². The molecule has 14 nitrogen and oxygen atoms in total. The maximum atomic E-state index is 13.6. The van der Waals surface area contributed by atoms with Gasteiger partial charge in [-0.2, -0.15) is 0 Å². The molecule has 2 aromatic rings. The smallest absolute Gasteiger partial charge is 0.410 e. The van der Waals surface area contributed by atoms with E-state index < -0.39 is 28.1 Å². The van der Waals surface area contributed by atoms with Gasteiger partial charge >= 0.3 is 12.2 Å². The summed E-state index contributed by atoms with van der Waals surface area (Å²) in [4.78, 5) is 68.6. The van der Waals surface area contributed by atoms with Crippen molar-refractivity contribution in [3.8, 4) is 5.88 Å². The Morgan fingerprint density at radius 2 is 1.44 bits per heavy atom. The quantitative estimate of drug-likeness (QED) is 0.293. The first-order valence-corrected chi connectivity index (χ1v) is 17.6. The van der Waals surface area contributed by atoms with Gasteiger partial charge in [-0.25, -0.2) is 23.4 Å². The molecule has 5 heterocycles. The fraction of sp³-hybridized carbons (Fsp3) is 0.588. The van der Waals surface area contributed by atoms with Gasteiger partial charge in [0.2, 0.25) is 11.1 Å². The van der Waals surface area contributed by atoms with E-state index in [1.807, 2.05) is 41.5 Å². The van der Waals surface area contributed by atoms with Gasteiger partial charge in [-0.15, -0.1) is 11.6 Å². The number of anilines is 2. The third kappa shape index (κ3) is 13.4. The van der Waals surface area contributed by atoms with Gasteiger partial charge in [-0.1, -0.05) is 0 Å². The molecule has 2 saturated heterocycles. The van der Waals surface area contributed by atoms with Crippen molar-refractivity contribution in [2.24, 2.45) is 0 Å². The predicted molar refractivity (Wildman–Crippen MR) is 191 cm³/mol. The number of aromatic nitrogens is 2. The van der Waals surface area contributed by atoms with Crippen molar-refractivity contribution in [2.45, 2.75) is 90.5 Å². The van der Waals surface area contributed by atoms with E-state index in [1.54, 1.807) is 14.7 Å². The summed E-state index contributed by atoms with van der Waals surface area (Å²) in [6.07, 6.45) is 3.94. The van der Waals surface area contributed by atoms with E-state index in [0.29, 0.717) is 57.5 Å². The highest BCUT2D eigenvalue weighted by molar-refractivity contribution is 6.67. The number of hydrogen-bond acceptors (Lipinski definition) is 10. The Morgan fingerprint density at radius 1 is 0.923 bits per heavy atom. The summed E-state index contributed by atoms with van der Waals surface area (Å²) in [7, 11) is 0. The van der Waals surface area contributed by atoms with Crippen LogP contribution in [0.15, 0.2) is 29.3 Å². The second kappa shape index (κ2) is 18.5. The summed E-state index contributed by atoms with van der Waals surface area (Å²) in [5.41, 5.74) is -0.837. The number of aromatic amines is 1. The highest BCUT2D eigenvalue weighted by atomic mass is 35.5. The zero-order chi connectivity index (χ0) is 38.8. The van der Waals surface area contributed by atoms with Crippen LogP contribution in [0, 0.1) is 11.6 Å². The number of halogens is 4. The zero-order valence-corrected chi connectivity index (χ0v) is 31.6. The number of nitrogens with zero attached hydrogens (tertiary/aromatic N) is 4. The number of hydrogen-bond donors (Lipinski definition) is 2. The first-order valence-electron chi connectivity index (χ1n) is 16.7. The molecule has 0 atom stereocenters. The molecule has 3 aliphatic rings. The molecule has 0 radical (unpaired) electrons. The van der Waals surface area contributed by atoms with Crippen LogP contribution in [0.3, 0.4) is 0 Å².